The number of hydrogen-bond acceptors (Lipinski definition) is 3. The van der Waals surface area contributed by atoms with E-state index < -0.39 is 0 Å². The van der Waals surface area contributed by atoms with Gasteiger partial charge in [0.05, 0.1) is 6.10 Å². The molecule has 1 aliphatic rings. The Morgan fingerprint density at radius 1 is 1.25 bits per heavy atom. The number of nitrogens with zero attached hydrogens (tertiary/aromatic N) is 1. The summed E-state index contributed by atoms with van der Waals surface area (Å²) in [6.07, 6.45) is 4.01. The lowest BCUT2D eigenvalue weighted by molar-refractivity contribution is 0.00363. The van der Waals surface area contributed by atoms with E-state index in [1.54, 1.807) is 0 Å². The zero-order valence-electron chi connectivity index (χ0n) is 12.9. The van der Waals surface area contributed by atoms with E-state index >= 15 is 0 Å². The molecule has 20 heavy (non-hydrogen) atoms. The van der Waals surface area contributed by atoms with Crippen molar-refractivity contribution < 1.29 is 4.74 Å². The smallest absolute Gasteiger partial charge is 0.0702 e. The number of nitrogens with one attached hydrogen (secondary N) is 1. The number of benzene rings is 1. The average molecular weight is 276 g/mol. The summed E-state index contributed by atoms with van der Waals surface area (Å²) in [7, 11) is 2.00. The van der Waals surface area contributed by atoms with Gasteiger partial charge in [0.1, 0.15) is 0 Å². The third-order valence-electron chi connectivity index (χ3n) is 3.96. The molecule has 1 heterocycles. The van der Waals surface area contributed by atoms with Crippen LogP contribution in [0.4, 0.5) is 0 Å². The van der Waals surface area contributed by atoms with Crippen molar-refractivity contribution in [1.82, 2.24) is 10.2 Å². The second kappa shape index (κ2) is 8.40. The van der Waals surface area contributed by atoms with Gasteiger partial charge < -0.3 is 10.1 Å². The second-order valence-corrected chi connectivity index (χ2v) is 5.62. The highest BCUT2D eigenvalue weighted by Crippen LogP contribution is 2.16. The van der Waals surface area contributed by atoms with Gasteiger partial charge in [0.2, 0.25) is 0 Å². The van der Waals surface area contributed by atoms with E-state index in [0.717, 1.165) is 32.7 Å². The molecule has 0 spiro atoms. The van der Waals surface area contributed by atoms with Crippen molar-refractivity contribution in [1.29, 1.82) is 0 Å². The first-order valence-electron chi connectivity index (χ1n) is 7.88. The zero-order valence-corrected chi connectivity index (χ0v) is 12.9. The SMILES string of the molecule is CCOC1CCCN(Cc2ccc(CCNC)cc2)C1. The number of likely N-dealkylation sites (tertiary alicyclic amines) is 1. The van der Waals surface area contributed by atoms with Crippen LogP contribution in [0.15, 0.2) is 24.3 Å². The summed E-state index contributed by atoms with van der Waals surface area (Å²) < 4.78 is 5.77. The van der Waals surface area contributed by atoms with E-state index in [4.69, 9.17) is 4.74 Å². The third kappa shape index (κ3) is 4.89. The monoisotopic (exact) mass is 276 g/mol. The lowest BCUT2D eigenvalue weighted by atomic mass is 10.1. The largest absolute Gasteiger partial charge is 0.377 e. The standard InChI is InChI=1S/C17H28N2O/c1-3-20-17-5-4-12-19(14-17)13-16-8-6-15(7-9-16)10-11-18-2/h6-9,17-18H,3-5,10-14H2,1-2H3. The molecule has 3 nitrogen and oxygen atoms in total. The molecule has 1 fully saturated rings. The molecule has 0 aliphatic carbocycles. The zero-order chi connectivity index (χ0) is 14.2. The van der Waals surface area contributed by atoms with E-state index in [0.29, 0.717) is 6.10 Å². The first kappa shape index (κ1) is 15.5. The molecule has 1 aromatic rings. The van der Waals surface area contributed by atoms with Crippen LogP contribution in [0, 0.1) is 0 Å². The highest BCUT2D eigenvalue weighted by Gasteiger charge is 2.19. The van der Waals surface area contributed by atoms with Crippen LogP contribution in [-0.4, -0.2) is 44.3 Å². The first-order valence-corrected chi connectivity index (χ1v) is 7.88. The molecule has 3 heteroatoms. The van der Waals surface area contributed by atoms with Crippen LogP contribution < -0.4 is 5.32 Å². The van der Waals surface area contributed by atoms with Gasteiger partial charge in [-0.3, -0.25) is 4.90 Å². The minimum absolute atomic E-state index is 0.434. The van der Waals surface area contributed by atoms with E-state index in [1.807, 2.05) is 7.05 Å². The van der Waals surface area contributed by atoms with Crippen LogP contribution in [0.1, 0.15) is 30.9 Å². The quantitative estimate of drug-likeness (QED) is 0.828. The molecule has 1 aromatic carbocycles. The Kier molecular flexibility index (Phi) is 6.51. The summed E-state index contributed by atoms with van der Waals surface area (Å²) in [5.74, 6) is 0. The highest BCUT2D eigenvalue weighted by molar-refractivity contribution is 5.22. The summed E-state index contributed by atoms with van der Waals surface area (Å²) in [5.41, 5.74) is 2.82. The fourth-order valence-corrected chi connectivity index (χ4v) is 2.87. The second-order valence-electron chi connectivity index (χ2n) is 5.62. The Hall–Kier alpha value is -0.900. The van der Waals surface area contributed by atoms with Crippen molar-refractivity contribution in [3.05, 3.63) is 35.4 Å². The fraction of sp³-hybridized carbons (Fsp3) is 0.647. The first-order chi connectivity index (χ1) is 9.81. The molecule has 0 radical (unpaired) electrons. The molecule has 1 unspecified atom stereocenters. The molecule has 1 atom stereocenters. The summed E-state index contributed by atoms with van der Waals surface area (Å²) in [5, 5.41) is 3.19. The summed E-state index contributed by atoms with van der Waals surface area (Å²) >= 11 is 0. The Bertz CT molecular complexity index is 375. The van der Waals surface area contributed by atoms with E-state index in [-0.39, 0.29) is 0 Å². The van der Waals surface area contributed by atoms with Crippen LogP contribution in [0.5, 0.6) is 0 Å². The topological polar surface area (TPSA) is 24.5 Å². The van der Waals surface area contributed by atoms with E-state index in [1.165, 1.54) is 30.5 Å². The van der Waals surface area contributed by atoms with Crippen molar-refractivity contribution in [3.8, 4) is 0 Å². The maximum atomic E-state index is 5.77. The molecule has 0 saturated carbocycles. The average Bonchev–Trinajstić information content (AvgIpc) is 2.47. The molecule has 2 rings (SSSR count). The Morgan fingerprint density at radius 2 is 2.00 bits per heavy atom. The Labute approximate surface area is 123 Å². The van der Waals surface area contributed by atoms with Crippen LogP contribution >= 0.6 is 0 Å². The van der Waals surface area contributed by atoms with Crippen molar-refractivity contribution in [2.24, 2.45) is 0 Å². The van der Waals surface area contributed by atoms with E-state index in [9.17, 15) is 0 Å². The Morgan fingerprint density at radius 3 is 2.70 bits per heavy atom. The lowest BCUT2D eigenvalue weighted by Gasteiger charge is -2.32. The maximum Gasteiger partial charge on any atom is 0.0702 e. The predicted molar refractivity (Wildman–Crippen MR) is 84.0 cm³/mol. The van der Waals surface area contributed by atoms with Crippen LogP contribution in [0.3, 0.4) is 0 Å². The van der Waals surface area contributed by atoms with Crippen LogP contribution in [0.2, 0.25) is 0 Å². The van der Waals surface area contributed by atoms with Gasteiger partial charge >= 0.3 is 0 Å². The van der Waals surface area contributed by atoms with Gasteiger partial charge in [-0.25, -0.2) is 0 Å². The van der Waals surface area contributed by atoms with Gasteiger partial charge in [-0.2, -0.15) is 0 Å². The third-order valence-corrected chi connectivity index (χ3v) is 3.96. The minimum Gasteiger partial charge on any atom is -0.377 e. The molecule has 112 valence electrons. The highest BCUT2D eigenvalue weighted by atomic mass is 16.5. The van der Waals surface area contributed by atoms with Gasteiger partial charge in [0.25, 0.3) is 0 Å². The molecule has 0 aromatic heterocycles. The fourth-order valence-electron chi connectivity index (χ4n) is 2.87. The van der Waals surface area contributed by atoms with E-state index in [2.05, 4.69) is 41.4 Å². The van der Waals surface area contributed by atoms with Crippen LogP contribution in [-0.2, 0) is 17.7 Å². The van der Waals surface area contributed by atoms with Crippen LogP contribution in [0.25, 0.3) is 0 Å². The molecule has 1 N–H and O–H groups in total. The Balaban J connectivity index is 1.83. The molecule has 1 aliphatic heterocycles. The normalized spacial score (nSPS) is 20.2. The minimum atomic E-state index is 0.434. The van der Waals surface area contributed by atoms with Gasteiger partial charge in [-0.05, 0) is 57.5 Å². The van der Waals surface area contributed by atoms with Gasteiger partial charge in [-0.15, -0.1) is 0 Å². The summed E-state index contributed by atoms with van der Waals surface area (Å²) in [4.78, 5) is 2.52. The number of likely N-dealkylation sites (N-methyl/N-ethyl adjacent to an activating group) is 1. The number of ether oxygens (including phenoxy) is 1. The van der Waals surface area contributed by atoms with Gasteiger partial charge in [0, 0.05) is 19.7 Å². The van der Waals surface area contributed by atoms with Crippen molar-refractivity contribution in [3.63, 3.8) is 0 Å². The molecule has 0 amide bonds. The van der Waals surface area contributed by atoms with Crippen molar-refractivity contribution in [2.45, 2.75) is 38.8 Å². The molecular formula is C17H28N2O. The number of rotatable bonds is 7. The molecule has 1 saturated heterocycles. The number of piperidine rings is 1. The maximum absolute atomic E-state index is 5.77. The summed E-state index contributed by atoms with van der Waals surface area (Å²) in [6, 6.07) is 9.07. The van der Waals surface area contributed by atoms with Gasteiger partial charge in [0.15, 0.2) is 0 Å². The summed E-state index contributed by atoms with van der Waals surface area (Å²) in [6.45, 7) is 7.29. The van der Waals surface area contributed by atoms with Crippen molar-refractivity contribution in [2.75, 3.05) is 33.3 Å². The van der Waals surface area contributed by atoms with Gasteiger partial charge in [-0.1, -0.05) is 24.3 Å². The van der Waals surface area contributed by atoms with Crippen molar-refractivity contribution >= 4 is 0 Å². The molecular weight excluding hydrogens is 248 g/mol. The lowest BCUT2D eigenvalue weighted by Crippen LogP contribution is -2.39. The molecule has 0 bridgehead atoms. The predicted octanol–water partition coefficient (Wildman–Crippen LogP) is 2.45. The number of hydrogen-bond donors (Lipinski definition) is 1.